The van der Waals surface area contributed by atoms with E-state index in [1.807, 2.05) is 6.92 Å². The Labute approximate surface area is 142 Å². The SMILES string of the molecule is CCCC(CNC(=O)c1cccc(OCC2CCCO2)c1)C(=O)O. The van der Waals surface area contributed by atoms with Crippen LogP contribution in [0.1, 0.15) is 43.0 Å². The summed E-state index contributed by atoms with van der Waals surface area (Å²) < 4.78 is 11.2. The summed E-state index contributed by atoms with van der Waals surface area (Å²) in [5.74, 6) is -1.12. The minimum Gasteiger partial charge on any atom is -0.491 e. The second-order valence-corrected chi connectivity index (χ2v) is 6.01. The average molecular weight is 335 g/mol. The highest BCUT2D eigenvalue weighted by atomic mass is 16.5. The van der Waals surface area contributed by atoms with Crippen molar-refractivity contribution in [2.24, 2.45) is 5.92 Å². The first-order chi connectivity index (χ1) is 11.6. The lowest BCUT2D eigenvalue weighted by molar-refractivity contribution is -0.141. The lowest BCUT2D eigenvalue weighted by atomic mass is 10.0. The van der Waals surface area contributed by atoms with Gasteiger partial charge in [0.15, 0.2) is 0 Å². The summed E-state index contributed by atoms with van der Waals surface area (Å²) in [6.07, 6.45) is 3.47. The van der Waals surface area contributed by atoms with Gasteiger partial charge in [-0.1, -0.05) is 19.4 Å². The Morgan fingerprint density at radius 3 is 2.96 bits per heavy atom. The largest absolute Gasteiger partial charge is 0.491 e. The van der Waals surface area contributed by atoms with Crippen molar-refractivity contribution in [1.82, 2.24) is 5.32 Å². The summed E-state index contributed by atoms with van der Waals surface area (Å²) >= 11 is 0. The zero-order chi connectivity index (χ0) is 17.4. The molecule has 0 radical (unpaired) electrons. The summed E-state index contributed by atoms with van der Waals surface area (Å²) in [5.41, 5.74) is 0.459. The maximum atomic E-state index is 12.2. The molecule has 6 heteroatoms. The number of carboxylic acids is 1. The van der Waals surface area contributed by atoms with E-state index >= 15 is 0 Å². The fourth-order valence-electron chi connectivity index (χ4n) is 2.67. The molecule has 2 atom stereocenters. The van der Waals surface area contributed by atoms with Gasteiger partial charge in [-0.25, -0.2) is 0 Å². The van der Waals surface area contributed by atoms with Crippen molar-refractivity contribution >= 4 is 11.9 Å². The van der Waals surface area contributed by atoms with Gasteiger partial charge in [-0.2, -0.15) is 0 Å². The average Bonchev–Trinajstić information content (AvgIpc) is 3.10. The van der Waals surface area contributed by atoms with E-state index < -0.39 is 11.9 Å². The standard InChI is InChI=1S/C18H25NO5/c1-2-5-14(18(21)22)11-19-17(20)13-6-3-7-15(10-13)24-12-16-8-4-9-23-16/h3,6-7,10,14,16H,2,4-5,8-9,11-12H2,1H3,(H,19,20)(H,21,22). The number of carboxylic acid groups (broad SMARTS) is 1. The van der Waals surface area contributed by atoms with Crippen LogP contribution in [0.2, 0.25) is 0 Å². The van der Waals surface area contributed by atoms with Gasteiger partial charge in [-0.3, -0.25) is 9.59 Å². The molecule has 2 N–H and O–H groups in total. The summed E-state index contributed by atoms with van der Waals surface area (Å²) in [7, 11) is 0. The van der Waals surface area contributed by atoms with Crippen molar-refractivity contribution in [2.45, 2.75) is 38.7 Å². The van der Waals surface area contributed by atoms with Gasteiger partial charge in [0.1, 0.15) is 12.4 Å². The van der Waals surface area contributed by atoms with Gasteiger partial charge < -0.3 is 19.9 Å². The highest BCUT2D eigenvalue weighted by Gasteiger charge is 2.18. The molecule has 0 aliphatic carbocycles. The Balaban J connectivity index is 1.87. The van der Waals surface area contributed by atoms with Crippen molar-refractivity contribution in [3.05, 3.63) is 29.8 Å². The molecule has 6 nitrogen and oxygen atoms in total. The van der Waals surface area contributed by atoms with Gasteiger partial charge >= 0.3 is 5.97 Å². The van der Waals surface area contributed by atoms with Crippen LogP contribution in [-0.4, -0.2) is 42.8 Å². The van der Waals surface area contributed by atoms with E-state index in [1.165, 1.54) is 0 Å². The first-order valence-electron chi connectivity index (χ1n) is 8.45. The Morgan fingerprint density at radius 2 is 2.29 bits per heavy atom. The highest BCUT2D eigenvalue weighted by Crippen LogP contribution is 2.17. The fraction of sp³-hybridized carbons (Fsp3) is 0.556. The van der Waals surface area contributed by atoms with E-state index in [1.54, 1.807) is 24.3 Å². The summed E-state index contributed by atoms with van der Waals surface area (Å²) in [5, 5.41) is 11.8. The number of carbonyl (C=O) groups is 2. The molecular formula is C18H25NO5. The number of nitrogens with one attached hydrogen (secondary N) is 1. The number of ether oxygens (including phenoxy) is 2. The molecule has 1 saturated heterocycles. The number of rotatable bonds is 9. The van der Waals surface area contributed by atoms with E-state index in [2.05, 4.69) is 5.32 Å². The van der Waals surface area contributed by atoms with Crippen molar-refractivity contribution in [3.8, 4) is 5.75 Å². The molecule has 2 unspecified atom stereocenters. The topological polar surface area (TPSA) is 84.9 Å². The summed E-state index contributed by atoms with van der Waals surface area (Å²) in [4.78, 5) is 23.3. The van der Waals surface area contributed by atoms with Gasteiger partial charge in [-0.05, 0) is 37.5 Å². The van der Waals surface area contributed by atoms with Gasteiger partial charge in [0.05, 0.1) is 12.0 Å². The van der Waals surface area contributed by atoms with Crippen LogP contribution in [0.5, 0.6) is 5.75 Å². The molecule has 2 rings (SSSR count). The molecule has 1 fully saturated rings. The van der Waals surface area contributed by atoms with Gasteiger partial charge in [-0.15, -0.1) is 0 Å². The molecular weight excluding hydrogens is 310 g/mol. The zero-order valence-electron chi connectivity index (χ0n) is 14.0. The molecule has 0 bridgehead atoms. The van der Waals surface area contributed by atoms with Gasteiger partial charge in [0.2, 0.25) is 0 Å². The second kappa shape index (κ2) is 9.27. The van der Waals surface area contributed by atoms with Gasteiger partial charge in [0.25, 0.3) is 5.91 Å². The first-order valence-corrected chi connectivity index (χ1v) is 8.45. The lowest BCUT2D eigenvalue weighted by Gasteiger charge is -2.14. The zero-order valence-corrected chi connectivity index (χ0v) is 14.0. The molecule has 132 valence electrons. The quantitative estimate of drug-likeness (QED) is 0.724. The minimum absolute atomic E-state index is 0.118. The number of amides is 1. The fourth-order valence-corrected chi connectivity index (χ4v) is 2.67. The van der Waals surface area contributed by atoms with Crippen LogP contribution in [0, 0.1) is 5.92 Å². The molecule has 1 aliphatic rings. The third-order valence-electron chi connectivity index (χ3n) is 4.05. The van der Waals surface area contributed by atoms with E-state index in [0.29, 0.717) is 24.3 Å². The molecule has 0 saturated carbocycles. The molecule has 1 aliphatic heterocycles. The Morgan fingerprint density at radius 1 is 1.46 bits per heavy atom. The molecule has 24 heavy (non-hydrogen) atoms. The molecule has 0 spiro atoms. The number of hydrogen-bond acceptors (Lipinski definition) is 4. The Kier molecular flexibility index (Phi) is 7.06. The van der Waals surface area contributed by atoms with Crippen LogP contribution in [-0.2, 0) is 9.53 Å². The van der Waals surface area contributed by atoms with Crippen LogP contribution in [0.4, 0.5) is 0 Å². The van der Waals surface area contributed by atoms with Crippen molar-refractivity contribution in [1.29, 1.82) is 0 Å². The molecule has 0 aromatic heterocycles. The summed E-state index contributed by atoms with van der Waals surface area (Å²) in [6, 6.07) is 6.90. The number of benzene rings is 1. The lowest BCUT2D eigenvalue weighted by Crippen LogP contribution is -2.32. The van der Waals surface area contributed by atoms with E-state index in [0.717, 1.165) is 25.9 Å². The monoisotopic (exact) mass is 335 g/mol. The van der Waals surface area contributed by atoms with Crippen LogP contribution in [0.25, 0.3) is 0 Å². The third kappa shape index (κ3) is 5.53. The van der Waals surface area contributed by atoms with Gasteiger partial charge in [0, 0.05) is 18.7 Å². The van der Waals surface area contributed by atoms with E-state index in [4.69, 9.17) is 14.6 Å². The number of aliphatic carboxylic acids is 1. The van der Waals surface area contributed by atoms with Crippen molar-refractivity contribution in [2.75, 3.05) is 19.8 Å². The predicted molar refractivity (Wildman–Crippen MR) is 89.3 cm³/mol. The molecule has 1 aromatic carbocycles. The Hall–Kier alpha value is -2.08. The minimum atomic E-state index is -0.884. The molecule has 1 aromatic rings. The third-order valence-corrected chi connectivity index (χ3v) is 4.05. The van der Waals surface area contributed by atoms with E-state index in [9.17, 15) is 9.59 Å². The summed E-state index contributed by atoms with van der Waals surface area (Å²) in [6.45, 7) is 3.30. The van der Waals surface area contributed by atoms with Crippen LogP contribution in [0.15, 0.2) is 24.3 Å². The predicted octanol–water partition coefficient (Wildman–Crippen LogP) is 2.48. The van der Waals surface area contributed by atoms with Crippen LogP contribution >= 0.6 is 0 Å². The maximum Gasteiger partial charge on any atom is 0.308 e. The molecule has 1 amide bonds. The van der Waals surface area contributed by atoms with E-state index in [-0.39, 0.29) is 18.6 Å². The van der Waals surface area contributed by atoms with Crippen LogP contribution in [0.3, 0.4) is 0 Å². The smallest absolute Gasteiger partial charge is 0.308 e. The normalized spacial score (nSPS) is 18.1. The molecule has 1 heterocycles. The maximum absolute atomic E-state index is 12.2. The number of hydrogen-bond donors (Lipinski definition) is 2. The van der Waals surface area contributed by atoms with Crippen LogP contribution < -0.4 is 10.1 Å². The van der Waals surface area contributed by atoms with Crippen molar-refractivity contribution < 1.29 is 24.2 Å². The highest BCUT2D eigenvalue weighted by molar-refractivity contribution is 5.94. The first kappa shape index (κ1) is 18.3. The Bertz CT molecular complexity index is 554. The second-order valence-electron chi connectivity index (χ2n) is 6.01. The number of carbonyl (C=O) groups excluding carboxylic acids is 1. The van der Waals surface area contributed by atoms with Crippen molar-refractivity contribution in [3.63, 3.8) is 0 Å².